The van der Waals surface area contributed by atoms with Crippen LogP contribution >= 0.6 is 12.6 Å². The monoisotopic (exact) mass is 311 g/mol. The Hall–Kier alpha value is -1.69. The minimum Gasteiger partial charge on any atom is -0.478 e. The summed E-state index contributed by atoms with van der Waals surface area (Å²) >= 11 is 4.21. The van der Waals surface area contributed by atoms with E-state index in [1.165, 1.54) is 6.07 Å². The van der Waals surface area contributed by atoms with Crippen LogP contribution in [0.15, 0.2) is 24.3 Å². The van der Waals surface area contributed by atoms with Crippen molar-refractivity contribution in [1.82, 2.24) is 5.32 Å². The number of nitrogens with one attached hydrogen (secondary N) is 1. The van der Waals surface area contributed by atoms with Gasteiger partial charge in [0.25, 0.3) is 0 Å². The zero-order valence-electron chi connectivity index (χ0n) is 12.4. The molecule has 6 heteroatoms. The molecule has 0 heterocycles. The minimum absolute atomic E-state index is 0.225. The van der Waals surface area contributed by atoms with Crippen molar-refractivity contribution in [2.75, 3.05) is 5.75 Å². The van der Waals surface area contributed by atoms with Gasteiger partial charge in [0.05, 0.1) is 5.56 Å². The van der Waals surface area contributed by atoms with Crippen molar-refractivity contribution in [2.45, 2.75) is 38.8 Å². The quantitative estimate of drug-likeness (QED) is 0.731. The molecule has 1 aromatic rings. The number of carboxylic acid groups (broad SMARTS) is 1. The largest absolute Gasteiger partial charge is 0.478 e. The maximum absolute atomic E-state index is 11.7. The van der Waals surface area contributed by atoms with Crippen LogP contribution in [0.2, 0.25) is 0 Å². The lowest BCUT2D eigenvalue weighted by atomic mass is 10.0. The van der Waals surface area contributed by atoms with Crippen LogP contribution in [0.1, 0.15) is 36.7 Å². The molecule has 1 amide bonds. The highest BCUT2D eigenvalue weighted by Crippen LogP contribution is 2.11. The maximum Gasteiger partial charge on any atom is 0.407 e. The lowest BCUT2D eigenvalue weighted by Gasteiger charge is -2.23. The number of benzene rings is 1. The van der Waals surface area contributed by atoms with Crippen LogP contribution in [-0.2, 0) is 11.2 Å². The Kier molecular flexibility index (Phi) is 6.08. The molecular formula is C15H21NO4S. The van der Waals surface area contributed by atoms with E-state index in [1.54, 1.807) is 32.9 Å². The van der Waals surface area contributed by atoms with E-state index in [4.69, 9.17) is 9.84 Å². The number of carboxylic acids is 1. The van der Waals surface area contributed by atoms with Gasteiger partial charge in [-0.2, -0.15) is 12.6 Å². The number of alkyl carbamates (subject to hydrolysis) is 1. The number of aromatic carboxylic acids is 1. The Balaban J connectivity index is 2.68. The molecule has 0 fully saturated rings. The third-order valence-electron chi connectivity index (χ3n) is 2.60. The average molecular weight is 311 g/mol. The summed E-state index contributed by atoms with van der Waals surface area (Å²) in [7, 11) is 0. The summed E-state index contributed by atoms with van der Waals surface area (Å²) < 4.78 is 5.19. The fraction of sp³-hybridized carbons (Fsp3) is 0.467. The first-order chi connectivity index (χ1) is 9.71. The van der Waals surface area contributed by atoms with E-state index in [0.29, 0.717) is 12.2 Å². The van der Waals surface area contributed by atoms with Gasteiger partial charge in [0.2, 0.25) is 0 Å². The molecule has 0 aromatic heterocycles. The number of hydrogen-bond acceptors (Lipinski definition) is 4. The lowest BCUT2D eigenvalue weighted by molar-refractivity contribution is 0.0508. The van der Waals surface area contributed by atoms with Gasteiger partial charge in [-0.25, -0.2) is 9.59 Å². The molecule has 0 saturated carbocycles. The van der Waals surface area contributed by atoms with Crippen LogP contribution in [0.25, 0.3) is 0 Å². The fourth-order valence-corrected chi connectivity index (χ4v) is 1.97. The molecule has 5 nitrogen and oxygen atoms in total. The van der Waals surface area contributed by atoms with E-state index in [-0.39, 0.29) is 11.6 Å². The van der Waals surface area contributed by atoms with Gasteiger partial charge >= 0.3 is 12.1 Å². The van der Waals surface area contributed by atoms with Crippen LogP contribution < -0.4 is 5.32 Å². The molecule has 1 rings (SSSR count). The average Bonchev–Trinajstić information content (AvgIpc) is 2.36. The highest BCUT2D eigenvalue weighted by Gasteiger charge is 2.19. The Labute approximate surface area is 130 Å². The summed E-state index contributed by atoms with van der Waals surface area (Å²) in [6, 6.07) is 6.40. The third kappa shape index (κ3) is 6.53. The summed E-state index contributed by atoms with van der Waals surface area (Å²) in [6.07, 6.45) is -0.0138. The van der Waals surface area contributed by atoms with Gasteiger partial charge in [-0.05, 0) is 44.9 Å². The number of hydrogen-bond donors (Lipinski definition) is 3. The molecule has 0 saturated heterocycles. The molecule has 2 N–H and O–H groups in total. The van der Waals surface area contributed by atoms with Crippen molar-refractivity contribution in [3.63, 3.8) is 0 Å². The topological polar surface area (TPSA) is 75.6 Å². The van der Waals surface area contributed by atoms with Crippen LogP contribution in [0.5, 0.6) is 0 Å². The van der Waals surface area contributed by atoms with Gasteiger partial charge in [-0.1, -0.05) is 12.1 Å². The summed E-state index contributed by atoms with van der Waals surface area (Å²) in [4.78, 5) is 22.7. The number of thiol groups is 1. The summed E-state index contributed by atoms with van der Waals surface area (Å²) in [5.74, 6) is -0.546. The predicted molar refractivity (Wildman–Crippen MR) is 84.1 cm³/mol. The van der Waals surface area contributed by atoms with Crippen molar-refractivity contribution in [3.8, 4) is 0 Å². The summed E-state index contributed by atoms with van der Waals surface area (Å²) in [5, 5.41) is 11.7. The number of carbonyl (C=O) groups excluding carboxylic acids is 1. The SMILES string of the molecule is CC(C)(C)OC(=O)NC(CS)Cc1cccc(C(=O)O)c1. The molecule has 0 aliphatic heterocycles. The van der Waals surface area contributed by atoms with Crippen LogP contribution in [-0.4, -0.2) is 34.6 Å². The van der Waals surface area contributed by atoms with Crippen molar-refractivity contribution in [2.24, 2.45) is 0 Å². The second-order valence-corrected chi connectivity index (χ2v) is 6.10. The van der Waals surface area contributed by atoms with Crippen molar-refractivity contribution < 1.29 is 19.4 Å². The Bertz CT molecular complexity index is 511. The molecule has 1 atom stereocenters. The lowest BCUT2D eigenvalue weighted by Crippen LogP contribution is -2.41. The highest BCUT2D eigenvalue weighted by atomic mass is 32.1. The van der Waals surface area contributed by atoms with Crippen LogP contribution in [0.3, 0.4) is 0 Å². The first kappa shape index (κ1) is 17.4. The van der Waals surface area contributed by atoms with Crippen LogP contribution in [0, 0.1) is 0 Å². The summed E-state index contributed by atoms with van der Waals surface area (Å²) in [6.45, 7) is 5.37. The molecule has 21 heavy (non-hydrogen) atoms. The van der Waals surface area contributed by atoms with Gasteiger partial charge in [0, 0.05) is 11.8 Å². The third-order valence-corrected chi connectivity index (χ3v) is 3.04. The normalized spacial score (nSPS) is 12.6. The maximum atomic E-state index is 11.7. The minimum atomic E-state index is -0.973. The Morgan fingerprint density at radius 1 is 1.38 bits per heavy atom. The van der Waals surface area contributed by atoms with Crippen molar-refractivity contribution in [3.05, 3.63) is 35.4 Å². The van der Waals surface area contributed by atoms with E-state index in [9.17, 15) is 9.59 Å². The van der Waals surface area contributed by atoms with E-state index in [1.807, 2.05) is 6.07 Å². The highest BCUT2D eigenvalue weighted by molar-refractivity contribution is 7.80. The van der Waals surface area contributed by atoms with Gasteiger partial charge in [-0.3, -0.25) is 0 Å². The van der Waals surface area contributed by atoms with E-state index >= 15 is 0 Å². The predicted octanol–water partition coefficient (Wildman–Crippen LogP) is 2.75. The van der Waals surface area contributed by atoms with Gasteiger partial charge in [0.1, 0.15) is 5.60 Å². The van der Waals surface area contributed by atoms with E-state index in [0.717, 1.165) is 5.56 Å². The zero-order chi connectivity index (χ0) is 16.0. The first-order valence-corrected chi connectivity index (χ1v) is 7.27. The Morgan fingerprint density at radius 2 is 2.05 bits per heavy atom. The smallest absolute Gasteiger partial charge is 0.407 e. The van der Waals surface area contributed by atoms with Gasteiger partial charge < -0.3 is 15.2 Å². The Morgan fingerprint density at radius 3 is 2.57 bits per heavy atom. The molecule has 0 aliphatic rings. The zero-order valence-corrected chi connectivity index (χ0v) is 13.3. The fourth-order valence-electron chi connectivity index (χ4n) is 1.75. The van der Waals surface area contributed by atoms with Crippen molar-refractivity contribution in [1.29, 1.82) is 0 Å². The number of carbonyl (C=O) groups is 2. The van der Waals surface area contributed by atoms with E-state index in [2.05, 4.69) is 17.9 Å². The van der Waals surface area contributed by atoms with Crippen molar-refractivity contribution >= 4 is 24.7 Å². The molecule has 0 radical (unpaired) electrons. The molecule has 1 aromatic carbocycles. The second kappa shape index (κ2) is 7.36. The summed E-state index contributed by atoms with van der Waals surface area (Å²) in [5.41, 5.74) is 0.488. The molecular weight excluding hydrogens is 290 g/mol. The van der Waals surface area contributed by atoms with Gasteiger partial charge in [-0.15, -0.1) is 0 Å². The van der Waals surface area contributed by atoms with Crippen LogP contribution in [0.4, 0.5) is 4.79 Å². The molecule has 1 unspecified atom stereocenters. The molecule has 0 bridgehead atoms. The standard InChI is InChI=1S/C15H21NO4S/c1-15(2,3)20-14(19)16-12(9-21)8-10-5-4-6-11(7-10)13(17)18/h4-7,12,21H,8-9H2,1-3H3,(H,16,19)(H,17,18). The molecule has 0 spiro atoms. The number of ether oxygens (including phenoxy) is 1. The molecule has 0 aliphatic carbocycles. The van der Waals surface area contributed by atoms with E-state index < -0.39 is 17.7 Å². The second-order valence-electron chi connectivity index (χ2n) is 5.74. The molecule has 116 valence electrons. The van der Waals surface area contributed by atoms with Gasteiger partial charge in [0.15, 0.2) is 0 Å². The first-order valence-electron chi connectivity index (χ1n) is 6.64. The number of amides is 1. The number of rotatable bonds is 5.